The van der Waals surface area contributed by atoms with E-state index in [1.807, 2.05) is 49.5 Å². The van der Waals surface area contributed by atoms with Crippen LogP contribution in [-0.4, -0.2) is 72.0 Å². The molecule has 1 aliphatic rings. The summed E-state index contributed by atoms with van der Waals surface area (Å²) in [6.45, 7) is 7.63. The van der Waals surface area contributed by atoms with E-state index in [1.165, 1.54) is 0 Å². The Bertz CT molecular complexity index is 1130. The second kappa shape index (κ2) is 13.8. The third-order valence-electron chi connectivity index (χ3n) is 6.49. The zero-order chi connectivity index (χ0) is 26.9. The predicted octanol–water partition coefficient (Wildman–Crippen LogP) is 4.90. The van der Waals surface area contributed by atoms with Crippen molar-refractivity contribution >= 4 is 0 Å². The summed E-state index contributed by atoms with van der Waals surface area (Å²) in [6, 6.07) is 17.7. The van der Waals surface area contributed by atoms with Gasteiger partial charge < -0.3 is 24.1 Å². The maximum absolute atomic E-state index is 10.9. The predicted molar refractivity (Wildman–Crippen MR) is 148 cm³/mol. The van der Waals surface area contributed by atoms with Crippen molar-refractivity contribution in [3.8, 4) is 28.6 Å². The molecule has 1 aliphatic heterocycles. The fourth-order valence-corrected chi connectivity index (χ4v) is 4.72. The van der Waals surface area contributed by atoms with Gasteiger partial charge in [0.25, 0.3) is 0 Å². The van der Waals surface area contributed by atoms with E-state index in [1.54, 1.807) is 11.8 Å². The Labute approximate surface area is 226 Å². The van der Waals surface area contributed by atoms with Crippen molar-refractivity contribution in [2.45, 2.75) is 45.4 Å². The number of benzene rings is 2. The number of hydrogen-bond acceptors (Lipinski definition) is 7. The van der Waals surface area contributed by atoms with Crippen molar-refractivity contribution in [3.63, 3.8) is 0 Å². The molecule has 2 heterocycles. The van der Waals surface area contributed by atoms with Gasteiger partial charge in [-0.1, -0.05) is 50.2 Å². The zero-order valence-electron chi connectivity index (χ0n) is 23.0. The highest BCUT2D eigenvalue weighted by atomic mass is 16.5. The fourth-order valence-electron chi connectivity index (χ4n) is 4.72. The van der Waals surface area contributed by atoms with Crippen LogP contribution < -0.4 is 9.47 Å². The van der Waals surface area contributed by atoms with Crippen molar-refractivity contribution in [2.24, 2.45) is 13.0 Å². The van der Waals surface area contributed by atoms with Gasteiger partial charge in [-0.05, 0) is 30.9 Å². The van der Waals surface area contributed by atoms with E-state index >= 15 is 0 Å². The van der Waals surface area contributed by atoms with Crippen molar-refractivity contribution in [3.05, 3.63) is 60.2 Å². The lowest BCUT2D eigenvalue weighted by Crippen LogP contribution is -2.39. The first-order valence-electron chi connectivity index (χ1n) is 13.5. The number of aromatic nitrogens is 2. The highest BCUT2D eigenvalue weighted by Crippen LogP contribution is 2.35. The van der Waals surface area contributed by atoms with E-state index in [-0.39, 0.29) is 6.10 Å². The highest BCUT2D eigenvalue weighted by Gasteiger charge is 2.26. The van der Waals surface area contributed by atoms with Crippen LogP contribution in [0.1, 0.15) is 32.3 Å². The lowest BCUT2D eigenvalue weighted by Gasteiger charge is -2.28. The summed E-state index contributed by atoms with van der Waals surface area (Å²) >= 11 is 0. The molecule has 3 aromatic rings. The van der Waals surface area contributed by atoms with Gasteiger partial charge in [-0.15, -0.1) is 0 Å². The summed E-state index contributed by atoms with van der Waals surface area (Å²) in [5.41, 5.74) is 2.82. The maximum atomic E-state index is 10.9. The second-order valence-corrected chi connectivity index (χ2v) is 10.3. The van der Waals surface area contributed by atoms with Crippen LogP contribution in [0.5, 0.6) is 17.4 Å². The number of aliphatic hydroxyl groups is 1. The molecule has 0 radical (unpaired) electrons. The standard InChI is InChI=1S/C30H41N3O5/c1-22(2)20-36-21-24(34)17-33(18-27-14-9-15-37-27)19-28-29(23-10-6-5-7-11-23)31-32(3)30(28)38-26-13-8-12-25(16-26)35-4/h5-8,10-13,16,22,24,27,34H,9,14-15,17-21H2,1-4H3/t24-,27+/m0/s1. The van der Waals surface area contributed by atoms with E-state index < -0.39 is 6.10 Å². The fraction of sp³-hybridized carbons (Fsp3) is 0.500. The lowest BCUT2D eigenvalue weighted by molar-refractivity contribution is -0.00399. The molecular weight excluding hydrogens is 482 g/mol. The van der Waals surface area contributed by atoms with E-state index in [9.17, 15) is 5.11 Å². The second-order valence-electron chi connectivity index (χ2n) is 10.3. The zero-order valence-corrected chi connectivity index (χ0v) is 23.0. The third-order valence-corrected chi connectivity index (χ3v) is 6.49. The monoisotopic (exact) mass is 523 g/mol. The number of ether oxygens (including phenoxy) is 4. The summed E-state index contributed by atoms with van der Waals surface area (Å²) in [4.78, 5) is 2.24. The molecule has 0 bridgehead atoms. The molecule has 38 heavy (non-hydrogen) atoms. The van der Waals surface area contributed by atoms with Crippen LogP contribution >= 0.6 is 0 Å². The normalized spacial score (nSPS) is 16.3. The quantitative estimate of drug-likeness (QED) is 0.322. The van der Waals surface area contributed by atoms with Crippen LogP contribution in [0.25, 0.3) is 11.3 Å². The molecule has 0 spiro atoms. The van der Waals surface area contributed by atoms with Crippen molar-refractivity contribution in [2.75, 3.05) is 40.0 Å². The van der Waals surface area contributed by atoms with Gasteiger partial charge in [-0.25, -0.2) is 4.68 Å². The van der Waals surface area contributed by atoms with Crippen molar-refractivity contribution in [1.29, 1.82) is 0 Å². The Kier molecular flexibility index (Phi) is 10.2. The first-order valence-corrected chi connectivity index (χ1v) is 13.5. The molecule has 1 saturated heterocycles. The van der Waals surface area contributed by atoms with Gasteiger partial charge in [0.15, 0.2) is 0 Å². The molecule has 1 N–H and O–H groups in total. The molecule has 0 saturated carbocycles. The number of methoxy groups -OCH3 is 1. The minimum atomic E-state index is -0.616. The number of aryl methyl sites for hydroxylation is 1. The van der Waals surface area contributed by atoms with Gasteiger partial charge in [-0.3, -0.25) is 4.90 Å². The van der Waals surface area contributed by atoms with Crippen LogP contribution in [0.3, 0.4) is 0 Å². The van der Waals surface area contributed by atoms with Crippen LogP contribution in [0.15, 0.2) is 54.6 Å². The van der Waals surface area contributed by atoms with Gasteiger partial charge in [0, 0.05) is 51.5 Å². The van der Waals surface area contributed by atoms with E-state index in [4.69, 9.17) is 24.0 Å². The van der Waals surface area contributed by atoms with Crippen molar-refractivity contribution < 1.29 is 24.1 Å². The third kappa shape index (κ3) is 7.80. The molecule has 2 atom stereocenters. The molecule has 206 valence electrons. The molecule has 8 nitrogen and oxygen atoms in total. The van der Waals surface area contributed by atoms with E-state index in [2.05, 4.69) is 30.9 Å². The van der Waals surface area contributed by atoms with Crippen LogP contribution in [0.4, 0.5) is 0 Å². The molecule has 2 aromatic carbocycles. The Morgan fingerprint density at radius 1 is 1.11 bits per heavy atom. The first-order chi connectivity index (χ1) is 18.4. The Balaban J connectivity index is 1.64. The molecular formula is C30H41N3O5. The van der Waals surface area contributed by atoms with E-state index in [0.29, 0.717) is 50.4 Å². The Morgan fingerprint density at radius 3 is 2.61 bits per heavy atom. The molecule has 8 heteroatoms. The van der Waals surface area contributed by atoms with Crippen LogP contribution in [-0.2, 0) is 23.1 Å². The molecule has 0 aliphatic carbocycles. The number of aliphatic hydroxyl groups excluding tert-OH is 1. The Hall–Kier alpha value is -2.91. The minimum Gasteiger partial charge on any atom is -0.497 e. The molecule has 1 fully saturated rings. The number of rotatable bonds is 14. The summed E-state index contributed by atoms with van der Waals surface area (Å²) in [6.07, 6.45) is 1.60. The van der Waals surface area contributed by atoms with Gasteiger partial charge >= 0.3 is 0 Å². The smallest absolute Gasteiger partial charge is 0.222 e. The van der Waals surface area contributed by atoms with Gasteiger partial charge in [0.1, 0.15) is 17.2 Å². The van der Waals surface area contributed by atoms with Crippen LogP contribution in [0.2, 0.25) is 0 Å². The highest BCUT2D eigenvalue weighted by molar-refractivity contribution is 5.65. The minimum absolute atomic E-state index is 0.137. The SMILES string of the molecule is COc1cccc(Oc2c(CN(C[C@H](O)COCC(C)C)C[C@H]3CCCO3)c(-c3ccccc3)nn2C)c1. The molecule has 4 rings (SSSR count). The molecule has 0 amide bonds. The number of hydrogen-bond donors (Lipinski definition) is 1. The van der Waals surface area contributed by atoms with E-state index in [0.717, 1.165) is 42.0 Å². The maximum Gasteiger partial charge on any atom is 0.222 e. The molecule has 0 unspecified atom stereocenters. The lowest BCUT2D eigenvalue weighted by atomic mass is 10.1. The average molecular weight is 524 g/mol. The average Bonchev–Trinajstić information content (AvgIpc) is 3.52. The van der Waals surface area contributed by atoms with Gasteiger partial charge in [-0.2, -0.15) is 5.10 Å². The summed E-state index contributed by atoms with van der Waals surface area (Å²) in [7, 11) is 3.53. The topological polar surface area (TPSA) is 78.2 Å². The summed E-state index contributed by atoms with van der Waals surface area (Å²) in [5, 5.41) is 15.7. The number of nitrogens with zero attached hydrogens (tertiary/aromatic N) is 3. The van der Waals surface area contributed by atoms with Crippen molar-refractivity contribution in [1.82, 2.24) is 14.7 Å². The summed E-state index contributed by atoms with van der Waals surface area (Å²) < 4.78 is 25.3. The van der Waals surface area contributed by atoms with Gasteiger partial charge in [0.2, 0.25) is 5.88 Å². The van der Waals surface area contributed by atoms with Crippen LogP contribution in [0, 0.1) is 5.92 Å². The Morgan fingerprint density at radius 2 is 1.89 bits per heavy atom. The molecule has 1 aromatic heterocycles. The van der Waals surface area contributed by atoms with Gasteiger partial charge in [0.05, 0.1) is 31.5 Å². The first kappa shape index (κ1) is 28.1. The summed E-state index contributed by atoms with van der Waals surface area (Å²) in [5.74, 6) is 2.46. The largest absolute Gasteiger partial charge is 0.497 e.